The third-order valence-electron chi connectivity index (χ3n) is 5.91. The van der Waals surface area contributed by atoms with Crippen molar-refractivity contribution in [3.05, 3.63) is 17.7 Å². The molecule has 9 heteroatoms. The Labute approximate surface area is 162 Å². The van der Waals surface area contributed by atoms with E-state index in [1.807, 2.05) is 6.92 Å². The predicted molar refractivity (Wildman–Crippen MR) is 94.3 cm³/mol. The summed E-state index contributed by atoms with van der Waals surface area (Å²) in [5, 5.41) is 20.3. The molecule has 4 rings (SSSR count). The van der Waals surface area contributed by atoms with Crippen LogP contribution in [0.5, 0.6) is 17.2 Å². The van der Waals surface area contributed by atoms with Crippen LogP contribution in [0.4, 0.5) is 0 Å². The van der Waals surface area contributed by atoms with E-state index in [0.717, 1.165) is 0 Å². The molecule has 0 amide bonds. The maximum Gasteiger partial charge on any atom is 0.343 e. The molecule has 1 aromatic rings. The van der Waals surface area contributed by atoms with Crippen LogP contribution in [0.15, 0.2) is 12.1 Å². The Hall–Kier alpha value is -3.01. The minimum Gasteiger partial charge on any atom is -0.493 e. The normalized spacial score (nSPS) is 37.6. The highest BCUT2D eigenvalue weighted by atomic mass is 16.8. The molecule has 1 spiro atoms. The topological polar surface area (TPSA) is 134 Å². The maximum absolute atomic E-state index is 10.2. The van der Waals surface area contributed by atoms with Gasteiger partial charge >= 0.3 is 5.91 Å². The number of fused-ring (bicyclic) bond motifs is 2. The molecule has 3 N–H and O–H groups in total. The number of nitriles is 2. The van der Waals surface area contributed by atoms with Gasteiger partial charge in [0.1, 0.15) is 0 Å². The number of amidine groups is 1. The molecule has 2 aliphatic heterocycles. The van der Waals surface area contributed by atoms with E-state index < -0.39 is 22.7 Å². The quantitative estimate of drug-likeness (QED) is 0.700. The summed E-state index contributed by atoms with van der Waals surface area (Å²) < 4.78 is 28.1. The second kappa shape index (κ2) is 5.74. The van der Waals surface area contributed by atoms with E-state index in [1.54, 1.807) is 12.1 Å². The lowest BCUT2D eigenvalue weighted by molar-refractivity contribution is -0.677. The van der Waals surface area contributed by atoms with Crippen molar-refractivity contribution < 1.29 is 28.7 Å². The van der Waals surface area contributed by atoms with Gasteiger partial charge in [-0.1, -0.05) is 0 Å². The number of methoxy groups -OCH3 is 3. The molecule has 5 atom stereocenters. The molecule has 1 saturated carbocycles. The van der Waals surface area contributed by atoms with Crippen LogP contribution in [0.3, 0.4) is 0 Å². The van der Waals surface area contributed by atoms with Crippen LogP contribution in [0.25, 0.3) is 0 Å². The van der Waals surface area contributed by atoms with E-state index in [-0.39, 0.29) is 18.5 Å². The molecule has 146 valence electrons. The molecule has 0 bridgehead atoms. The highest BCUT2D eigenvalue weighted by Crippen LogP contribution is 2.79. The zero-order valence-corrected chi connectivity index (χ0v) is 16.0. The smallest absolute Gasteiger partial charge is 0.343 e. The number of hydrogen-bond acceptors (Lipinski definition) is 8. The number of hydrogen-bond donors (Lipinski definition) is 2. The van der Waals surface area contributed by atoms with Crippen LogP contribution in [0.2, 0.25) is 0 Å². The Morgan fingerprint density at radius 3 is 2.21 bits per heavy atom. The third kappa shape index (κ3) is 1.78. The molecule has 1 aliphatic carbocycles. The minimum absolute atomic E-state index is 0.157. The molecule has 0 radical (unpaired) electrons. The van der Waals surface area contributed by atoms with Gasteiger partial charge in [-0.25, -0.2) is 4.99 Å². The van der Waals surface area contributed by atoms with E-state index >= 15 is 0 Å². The first-order valence-corrected chi connectivity index (χ1v) is 8.76. The Balaban J connectivity index is 1.92. The Bertz CT molecular complexity index is 941. The van der Waals surface area contributed by atoms with E-state index in [9.17, 15) is 10.5 Å². The van der Waals surface area contributed by atoms with Gasteiger partial charge in [-0.3, -0.25) is 5.73 Å². The van der Waals surface area contributed by atoms with Crippen molar-refractivity contribution in [3.63, 3.8) is 0 Å². The molecule has 2 fully saturated rings. The van der Waals surface area contributed by atoms with Gasteiger partial charge in [-0.05, 0) is 24.6 Å². The van der Waals surface area contributed by atoms with Gasteiger partial charge in [0.2, 0.25) is 5.75 Å². The van der Waals surface area contributed by atoms with Crippen molar-refractivity contribution in [3.8, 4) is 29.4 Å². The monoisotopic (exact) mass is 385 g/mol. The van der Waals surface area contributed by atoms with E-state index in [2.05, 4.69) is 17.1 Å². The van der Waals surface area contributed by atoms with Gasteiger partial charge in [-0.2, -0.15) is 10.5 Å². The third-order valence-corrected chi connectivity index (χ3v) is 5.91. The Kier molecular flexibility index (Phi) is 3.76. The largest absolute Gasteiger partial charge is 0.493 e. The fourth-order valence-electron chi connectivity index (χ4n) is 4.73. The zero-order valence-electron chi connectivity index (χ0n) is 16.0. The minimum atomic E-state index is -1.48. The summed E-state index contributed by atoms with van der Waals surface area (Å²) in [4.78, 5) is 2.94. The first kappa shape index (κ1) is 18.4. The Morgan fingerprint density at radius 2 is 1.79 bits per heavy atom. The van der Waals surface area contributed by atoms with Crippen LogP contribution in [0, 0.1) is 33.5 Å². The lowest BCUT2D eigenvalue weighted by atomic mass is 9.93. The van der Waals surface area contributed by atoms with Crippen molar-refractivity contribution >= 4 is 5.84 Å². The fraction of sp³-hybridized carbons (Fsp3) is 0.526. The molecule has 9 nitrogen and oxygen atoms in total. The van der Waals surface area contributed by atoms with Crippen molar-refractivity contribution in [2.75, 3.05) is 27.9 Å². The zero-order chi connectivity index (χ0) is 20.3. The van der Waals surface area contributed by atoms with Gasteiger partial charge < -0.3 is 23.7 Å². The average Bonchev–Trinajstić information content (AvgIpc) is 3.10. The number of nitrogens with two attached hydrogens (primary N) is 1. The molecule has 2 heterocycles. The summed E-state index contributed by atoms with van der Waals surface area (Å²) in [7, 11) is 4.51. The average molecular weight is 385 g/mol. The standard InChI is InChI=1S/C19H20N4O5/c1-10-7-27-19(28-10)18(9-21)15(17(18,8-20)16(22)23-19)11-5-12(24-2)14(26-4)13(6-11)25-3/h5-6,10,15H,7H2,1-4H3,(H2,22,23)/p+1/t10-,15-,17-,18-,19+/m1/s1. The SMILES string of the molecule is COc1cc([C@H]2[C@@]3(C#N)[C@]4([NH+]=C(N)[C@@]23C#N)OC[C@@H](C)O4)cc(OC)c1OC. The fourth-order valence-corrected chi connectivity index (χ4v) is 4.73. The molecule has 0 aromatic heterocycles. The summed E-state index contributed by atoms with van der Waals surface area (Å²) in [5.74, 6) is -0.662. The summed E-state index contributed by atoms with van der Waals surface area (Å²) in [6.07, 6.45) is -0.249. The van der Waals surface area contributed by atoms with Gasteiger partial charge in [-0.15, -0.1) is 0 Å². The highest BCUT2D eigenvalue weighted by Gasteiger charge is 2.97. The highest BCUT2D eigenvalue weighted by molar-refractivity contribution is 5.95. The van der Waals surface area contributed by atoms with Crippen molar-refractivity contribution in [1.29, 1.82) is 10.5 Å². The van der Waals surface area contributed by atoms with Crippen molar-refractivity contribution in [2.24, 2.45) is 16.6 Å². The number of nitrogens with one attached hydrogen (secondary N) is 1. The molecular formula is C19H21N4O5+. The number of benzene rings is 1. The maximum atomic E-state index is 10.2. The predicted octanol–water partition coefficient (Wildman–Crippen LogP) is -0.630. The summed E-state index contributed by atoms with van der Waals surface area (Å²) in [6, 6.07) is 8.00. The van der Waals surface area contributed by atoms with Crippen LogP contribution < -0.4 is 24.9 Å². The number of rotatable bonds is 4. The molecule has 1 saturated heterocycles. The number of nitrogens with zero attached hydrogens (tertiary/aromatic N) is 2. The Morgan fingerprint density at radius 1 is 1.14 bits per heavy atom. The molecule has 3 aliphatic rings. The molecule has 1 aromatic carbocycles. The van der Waals surface area contributed by atoms with Gasteiger partial charge in [0.05, 0.1) is 46.2 Å². The summed E-state index contributed by atoms with van der Waals surface area (Å²) in [6.45, 7) is 2.12. The van der Waals surface area contributed by atoms with Crippen molar-refractivity contribution in [1.82, 2.24) is 0 Å². The van der Waals surface area contributed by atoms with Crippen LogP contribution >= 0.6 is 0 Å². The van der Waals surface area contributed by atoms with Crippen LogP contribution in [-0.2, 0) is 9.47 Å². The lowest BCUT2D eigenvalue weighted by Gasteiger charge is -2.24. The first-order valence-electron chi connectivity index (χ1n) is 8.76. The number of ether oxygens (including phenoxy) is 5. The lowest BCUT2D eigenvalue weighted by Crippen LogP contribution is -2.90. The molecule has 0 unspecified atom stereocenters. The van der Waals surface area contributed by atoms with Crippen LogP contribution in [-0.4, -0.2) is 45.8 Å². The van der Waals surface area contributed by atoms with Gasteiger partial charge in [0.15, 0.2) is 22.3 Å². The molecular weight excluding hydrogens is 364 g/mol. The van der Waals surface area contributed by atoms with Gasteiger partial charge in [0, 0.05) is 5.92 Å². The molecule has 28 heavy (non-hydrogen) atoms. The summed E-state index contributed by atoms with van der Waals surface area (Å²) >= 11 is 0. The van der Waals surface area contributed by atoms with E-state index in [0.29, 0.717) is 22.8 Å². The first-order chi connectivity index (χ1) is 13.4. The van der Waals surface area contributed by atoms with E-state index in [1.165, 1.54) is 21.3 Å². The van der Waals surface area contributed by atoms with Crippen molar-refractivity contribution in [2.45, 2.75) is 24.9 Å². The van der Waals surface area contributed by atoms with Gasteiger partial charge in [0.25, 0.3) is 5.84 Å². The summed E-state index contributed by atoms with van der Waals surface area (Å²) in [5.41, 5.74) is 4.22. The second-order valence-electron chi connectivity index (χ2n) is 7.13. The van der Waals surface area contributed by atoms with Crippen LogP contribution in [0.1, 0.15) is 18.4 Å². The second-order valence-corrected chi connectivity index (χ2v) is 7.13. The van der Waals surface area contributed by atoms with E-state index in [4.69, 9.17) is 29.4 Å².